The molecule has 0 bridgehead atoms. The minimum atomic E-state index is -4.26. The third-order valence-electron chi connectivity index (χ3n) is 6.50. The van der Waals surface area contributed by atoms with E-state index in [4.69, 9.17) is 14.2 Å². The number of carbonyl (C=O) groups excluding carboxylic acids is 2. The number of ether oxygens (including phenoxy) is 3. The quantitative estimate of drug-likeness (QED) is 0.307. The largest absolute Gasteiger partial charge is 0.497 e. The zero-order chi connectivity index (χ0) is 30.0. The van der Waals surface area contributed by atoms with Crippen molar-refractivity contribution in [2.45, 2.75) is 37.8 Å². The van der Waals surface area contributed by atoms with Gasteiger partial charge in [0.1, 0.15) is 29.8 Å². The molecule has 0 saturated heterocycles. The maximum absolute atomic E-state index is 14.1. The molecule has 1 atom stereocenters. The van der Waals surface area contributed by atoms with E-state index in [1.807, 2.05) is 6.07 Å². The molecule has 0 aromatic heterocycles. The predicted octanol–water partition coefficient (Wildman–Crippen LogP) is 3.85. The van der Waals surface area contributed by atoms with Crippen molar-refractivity contribution in [1.29, 1.82) is 0 Å². The molecule has 1 N–H and O–H groups in total. The van der Waals surface area contributed by atoms with E-state index in [-0.39, 0.29) is 28.8 Å². The van der Waals surface area contributed by atoms with Crippen LogP contribution in [0, 0.1) is 0 Å². The van der Waals surface area contributed by atoms with Crippen LogP contribution in [0.1, 0.15) is 25.8 Å². The third-order valence-corrected chi connectivity index (χ3v) is 8.28. The molecule has 0 fully saturated rings. The number of likely N-dealkylation sites (N-methyl/N-ethyl adjacent to an activating group) is 1. The molecule has 3 aromatic carbocycles. The van der Waals surface area contributed by atoms with Crippen molar-refractivity contribution in [3.05, 3.63) is 78.4 Å². The van der Waals surface area contributed by atoms with Crippen LogP contribution in [-0.4, -0.2) is 65.6 Å². The van der Waals surface area contributed by atoms with Gasteiger partial charge < -0.3 is 24.4 Å². The molecule has 3 rings (SSSR count). The van der Waals surface area contributed by atoms with Crippen LogP contribution in [0.25, 0.3) is 0 Å². The van der Waals surface area contributed by atoms with Crippen molar-refractivity contribution in [1.82, 2.24) is 10.2 Å². The average Bonchev–Trinajstić information content (AvgIpc) is 2.99. The van der Waals surface area contributed by atoms with Gasteiger partial charge in [-0.15, -0.1) is 0 Å². The number of hydrogen-bond donors (Lipinski definition) is 1. The average molecular weight is 584 g/mol. The molecule has 41 heavy (non-hydrogen) atoms. The van der Waals surface area contributed by atoms with Crippen LogP contribution in [0.15, 0.2) is 77.7 Å². The van der Waals surface area contributed by atoms with Crippen molar-refractivity contribution in [2.75, 3.05) is 38.7 Å². The van der Waals surface area contributed by atoms with Crippen molar-refractivity contribution in [2.24, 2.45) is 0 Å². The van der Waals surface area contributed by atoms with E-state index in [0.717, 1.165) is 9.87 Å². The lowest BCUT2D eigenvalue weighted by molar-refractivity contribution is -0.140. The Labute approximate surface area is 241 Å². The second-order valence-electron chi connectivity index (χ2n) is 9.05. The van der Waals surface area contributed by atoms with Gasteiger partial charge in [0.05, 0.1) is 31.9 Å². The molecule has 10 nitrogen and oxygen atoms in total. The van der Waals surface area contributed by atoms with Crippen molar-refractivity contribution >= 4 is 27.5 Å². The predicted molar refractivity (Wildman–Crippen MR) is 157 cm³/mol. The maximum Gasteiger partial charge on any atom is 0.264 e. The molecule has 0 saturated carbocycles. The number of methoxy groups -OCH3 is 3. The Hall–Kier alpha value is -4.25. The highest BCUT2D eigenvalue weighted by Gasteiger charge is 2.34. The first kappa shape index (κ1) is 31.3. The lowest BCUT2D eigenvalue weighted by atomic mass is 10.1. The van der Waals surface area contributed by atoms with Crippen LogP contribution in [-0.2, 0) is 26.2 Å². The Balaban J connectivity index is 2.10. The second kappa shape index (κ2) is 14.4. The van der Waals surface area contributed by atoms with Gasteiger partial charge in [-0.05, 0) is 67.4 Å². The summed E-state index contributed by atoms with van der Waals surface area (Å²) in [7, 11) is 0.197. The molecule has 11 heteroatoms. The lowest BCUT2D eigenvalue weighted by Gasteiger charge is -2.33. The van der Waals surface area contributed by atoms with Crippen LogP contribution >= 0.6 is 0 Å². The standard InChI is InChI=1S/C30H37N3O7S/c1-6-26(30(35)31-7-2)32(20-22-11-10-12-24(19-22)39-4)29(34)21-33(27-13-8-9-14-28(27)40-5)41(36,37)25-17-15-23(38-3)16-18-25/h8-19,26H,6-7,20-21H2,1-5H3,(H,31,35). The topological polar surface area (TPSA) is 114 Å². The van der Waals surface area contributed by atoms with Gasteiger partial charge in [0, 0.05) is 13.1 Å². The van der Waals surface area contributed by atoms with Crippen LogP contribution in [0.5, 0.6) is 17.2 Å². The first-order chi connectivity index (χ1) is 19.7. The Morgan fingerprint density at radius 1 is 0.854 bits per heavy atom. The number of amides is 2. The zero-order valence-electron chi connectivity index (χ0n) is 24.0. The molecule has 220 valence electrons. The number of benzene rings is 3. The fourth-order valence-electron chi connectivity index (χ4n) is 4.40. The van der Waals surface area contributed by atoms with E-state index >= 15 is 0 Å². The molecule has 0 radical (unpaired) electrons. The second-order valence-corrected chi connectivity index (χ2v) is 10.9. The van der Waals surface area contributed by atoms with E-state index in [0.29, 0.717) is 24.5 Å². The minimum absolute atomic E-state index is 0.0351. The smallest absolute Gasteiger partial charge is 0.264 e. The fraction of sp³-hybridized carbons (Fsp3) is 0.333. The van der Waals surface area contributed by atoms with Gasteiger partial charge in [-0.25, -0.2) is 8.42 Å². The van der Waals surface area contributed by atoms with Crippen molar-refractivity contribution in [3.8, 4) is 17.2 Å². The highest BCUT2D eigenvalue weighted by atomic mass is 32.2. The maximum atomic E-state index is 14.1. The van der Waals surface area contributed by atoms with Crippen LogP contribution in [0.3, 0.4) is 0 Å². The van der Waals surface area contributed by atoms with Gasteiger partial charge in [0.15, 0.2) is 0 Å². The first-order valence-corrected chi connectivity index (χ1v) is 14.6. The highest BCUT2D eigenvalue weighted by molar-refractivity contribution is 7.92. The molecule has 0 aliphatic rings. The van der Waals surface area contributed by atoms with Gasteiger partial charge in [-0.3, -0.25) is 13.9 Å². The number of nitrogens with zero attached hydrogens (tertiary/aromatic N) is 2. The molecule has 1 unspecified atom stereocenters. The first-order valence-electron chi connectivity index (χ1n) is 13.2. The van der Waals surface area contributed by atoms with E-state index in [1.54, 1.807) is 63.4 Å². The van der Waals surface area contributed by atoms with E-state index in [9.17, 15) is 18.0 Å². The number of rotatable bonds is 14. The van der Waals surface area contributed by atoms with E-state index in [2.05, 4.69) is 5.32 Å². The summed E-state index contributed by atoms with van der Waals surface area (Å²) in [4.78, 5) is 28.6. The van der Waals surface area contributed by atoms with Crippen molar-refractivity contribution in [3.63, 3.8) is 0 Å². The lowest BCUT2D eigenvalue weighted by Crippen LogP contribution is -2.52. The summed E-state index contributed by atoms with van der Waals surface area (Å²) in [6, 6.07) is 18.8. The highest BCUT2D eigenvalue weighted by Crippen LogP contribution is 2.33. The van der Waals surface area contributed by atoms with Crippen LogP contribution in [0.4, 0.5) is 5.69 Å². The summed E-state index contributed by atoms with van der Waals surface area (Å²) in [6.45, 7) is 3.47. The fourth-order valence-corrected chi connectivity index (χ4v) is 5.83. The minimum Gasteiger partial charge on any atom is -0.497 e. The van der Waals surface area contributed by atoms with E-state index in [1.165, 1.54) is 43.4 Å². The number of anilines is 1. The van der Waals surface area contributed by atoms with Gasteiger partial charge >= 0.3 is 0 Å². The molecule has 0 aliphatic heterocycles. The van der Waals surface area contributed by atoms with Crippen LogP contribution < -0.4 is 23.8 Å². The molecular formula is C30H37N3O7S. The van der Waals surface area contributed by atoms with Gasteiger partial charge in [-0.1, -0.05) is 31.2 Å². The van der Waals surface area contributed by atoms with Gasteiger partial charge in [0.25, 0.3) is 10.0 Å². The third kappa shape index (κ3) is 7.49. The Bertz CT molecular complexity index is 1430. The Morgan fingerprint density at radius 3 is 2.15 bits per heavy atom. The molecule has 2 amide bonds. The molecule has 0 heterocycles. The number of sulfonamides is 1. The zero-order valence-corrected chi connectivity index (χ0v) is 24.8. The number of para-hydroxylation sites is 2. The summed E-state index contributed by atoms with van der Waals surface area (Å²) in [5.74, 6) is 0.467. The van der Waals surface area contributed by atoms with Gasteiger partial charge in [-0.2, -0.15) is 0 Å². The summed E-state index contributed by atoms with van der Waals surface area (Å²) in [6.07, 6.45) is 0.321. The number of carbonyl (C=O) groups is 2. The van der Waals surface area contributed by atoms with E-state index < -0.39 is 28.5 Å². The van der Waals surface area contributed by atoms with Crippen LogP contribution in [0.2, 0.25) is 0 Å². The molecule has 3 aromatic rings. The summed E-state index contributed by atoms with van der Waals surface area (Å²) < 4.78 is 45.1. The Kier molecular flexibility index (Phi) is 11.0. The molecule has 0 spiro atoms. The van der Waals surface area contributed by atoms with Crippen molar-refractivity contribution < 1.29 is 32.2 Å². The molecular weight excluding hydrogens is 546 g/mol. The normalized spacial score (nSPS) is 11.7. The molecule has 0 aliphatic carbocycles. The summed E-state index contributed by atoms with van der Waals surface area (Å²) in [5, 5.41) is 2.79. The van der Waals surface area contributed by atoms with Gasteiger partial charge in [0.2, 0.25) is 11.8 Å². The number of hydrogen-bond acceptors (Lipinski definition) is 7. The summed E-state index contributed by atoms with van der Waals surface area (Å²) in [5.41, 5.74) is 0.911. The Morgan fingerprint density at radius 2 is 1.54 bits per heavy atom. The number of nitrogens with one attached hydrogen (secondary N) is 1. The monoisotopic (exact) mass is 583 g/mol. The SMILES string of the molecule is CCNC(=O)C(CC)N(Cc1cccc(OC)c1)C(=O)CN(c1ccccc1OC)S(=O)(=O)c1ccc(OC)cc1. The summed E-state index contributed by atoms with van der Waals surface area (Å²) >= 11 is 0.